The third-order valence-corrected chi connectivity index (χ3v) is 1.74. The molecule has 4 heteroatoms. The summed E-state index contributed by atoms with van der Waals surface area (Å²) in [6.45, 7) is 0. The van der Waals surface area contributed by atoms with Crippen LogP contribution in [0.2, 0.25) is 0 Å². The fourth-order valence-corrected chi connectivity index (χ4v) is 0.874. The quantitative estimate of drug-likeness (QED) is 0.522. The summed E-state index contributed by atoms with van der Waals surface area (Å²) in [6, 6.07) is 0. The van der Waals surface area contributed by atoms with Gasteiger partial charge in [0, 0.05) is 0 Å². The van der Waals surface area contributed by atoms with Crippen LogP contribution >= 0.6 is 0 Å². The van der Waals surface area contributed by atoms with E-state index in [1.807, 2.05) is 12.5 Å². The molecular formula is C5H11BrO2S. The maximum atomic E-state index is 9.91. The van der Waals surface area contributed by atoms with Crippen LogP contribution < -0.4 is 17.0 Å². The van der Waals surface area contributed by atoms with E-state index < -0.39 is 5.97 Å². The summed E-state index contributed by atoms with van der Waals surface area (Å²) in [5.41, 5.74) is 0. The first-order valence-electron chi connectivity index (χ1n) is 2.39. The van der Waals surface area contributed by atoms with Crippen molar-refractivity contribution in [3.63, 3.8) is 0 Å². The van der Waals surface area contributed by atoms with Gasteiger partial charge in [0.25, 0.3) is 0 Å². The van der Waals surface area contributed by atoms with Crippen LogP contribution in [0.4, 0.5) is 0 Å². The van der Waals surface area contributed by atoms with Gasteiger partial charge in [-0.15, -0.1) is 0 Å². The van der Waals surface area contributed by atoms with Crippen molar-refractivity contribution in [1.82, 2.24) is 0 Å². The fourth-order valence-electron chi connectivity index (χ4n) is 0.291. The van der Waals surface area contributed by atoms with Gasteiger partial charge in [0.05, 0.1) is 18.9 Å². The molecule has 0 aromatic carbocycles. The molecule has 0 rings (SSSR count). The smallest absolute Gasteiger partial charge is 0.308 e. The highest BCUT2D eigenvalue weighted by Crippen LogP contribution is 1.87. The molecule has 0 aliphatic rings. The summed E-state index contributed by atoms with van der Waals surface area (Å²) >= 11 is 0. The minimum Gasteiger partial charge on any atom is -1.00 e. The van der Waals surface area contributed by atoms with E-state index in [1.54, 1.807) is 0 Å². The van der Waals surface area contributed by atoms with Gasteiger partial charge < -0.3 is 22.1 Å². The molecule has 0 aliphatic heterocycles. The Morgan fingerprint density at radius 1 is 1.56 bits per heavy atom. The summed E-state index contributed by atoms with van der Waals surface area (Å²) in [6.07, 6.45) is 4.40. The summed E-state index contributed by atoms with van der Waals surface area (Å²) in [7, 11) is 0.283. The fraction of sp³-hybridized carbons (Fsp3) is 0.800. The lowest BCUT2D eigenvalue weighted by molar-refractivity contribution is -0.136. The highest BCUT2D eigenvalue weighted by Gasteiger charge is 2.04. The summed E-state index contributed by atoms with van der Waals surface area (Å²) < 4.78 is 0. The molecule has 0 heterocycles. The first-order chi connectivity index (χ1) is 3.63. The molecule has 0 atom stereocenters. The lowest BCUT2D eigenvalue weighted by Gasteiger charge is -1.90. The Bertz CT molecular complexity index is 85.0. The molecule has 2 nitrogen and oxygen atoms in total. The molecular weight excluding hydrogens is 204 g/mol. The third-order valence-electron chi connectivity index (χ3n) is 0.724. The van der Waals surface area contributed by atoms with Gasteiger partial charge in [0.2, 0.25) is 0 Å². The monoisotopic (exact) mass is 214 g/mol. The van der Waals surface area contributed by atoms with Crippen LogP contribution in [0.5, 0.6) is 0 Å². The second-order valence-corrected chi connectivity index (χ2v) is 4.21. The standard InChI is InChI=1S/C5H10O2S.BrH/c1-8(2)4-3-5(6)7;/h3-4H2,1-2H3;1H. The van der Waals surface area contributed by atoms with E-state index in [9.17, 15) is 4.79 Å². The molecule has 0 bridgehead atoms. The van der Waals surface area contributed by atoms with Crippen molar-refractivity contribution in [2.45, 2.75) is 6.42 Å². The number of carboxylic acid groups (broad SMARTS) is 1. The van der Waals surface area contributed by atoms with E-state index in [-0.39, 0.29) is 27.9 Å². The van der Waals surface area contributed by atoms with Gasteiger partial charge in [-0.25, -0.2) is 0 Å². The zero-order valence-electron chi connectivity index (χ0n) is 5.56. The van der Waals surface area contributed by atoms with E-state index in [1.165, 1.54) is 0 Å². The van der Waals surface area contributed by atoms with E-state index in [2.05, 4.69) is 0 Å². The molecule has 0 radical (unpaired) electrons. The number of hydrogen-bond acceptors (Lipinski definition) is 1. The van der Waals surface area contributed by atoms with Crippen molar-refractivity contribution in [2.24, 2.45) is 0 Å². The second kappa shape index (κ2) is 6.42. The van der Waals surface area contributed by atoms with Gasteiger partial charge in [-0.05, 0) is 10.9 Å². The van der Waals surface area contributed by atoms with Crippen LogP contribution in [0.25, 0.3) is 0 Å². The predicted octanol–water partition coefficient (Wildman–Crippen LogP) is -2.66. The summed E-state index contributed by atoms with van der Waals surface area (Å²) in [5.74, 6) is 0.126. The molecule has 0 fully saturated rings. The summed E-state index contributed by atoms with van der Waals surface area (Å²) in [5, 5.41) is 8.17. The van der Waals surface area contributed by atoms with Gasteiger partial charge >= 0.3 is 5.97 Å². The number of rotatable bonds is 3. The van der Waals surface area contributed by atoms with Gasteiger partial charge in [-0.3, -0.25) is 4.79 Å². The van der Waals surface area contributed by atoms with Crippen LogP contribution in [0, 0.1) is 0 Å². The number of hydrogen-bond donors (Lipinski definition) is 1. The van der Waals surface area contributed by atoms with Crippen LogP contribution in [0.15, 0.2) is 0 Å². The molecule has 0 aromatic rings. The minimum absolute atomic E-state index is 0. The van der Waals surface area contributed by atoms with E-state index in [0.717, 1.165) is 5.75 Å². The molecule has 0 unspecified atom stereocenters. The zero-order chi connectivity index (χ0) is 6.57. The highest BCUT2D eigenvalue weighted by atomic mass is 79.9. The van der Waals surface area contributed by atoms with Crippen molar-refractivity contribution in [3.05, 3.63) is 0 Å². The minimum atomic E-state index is -0.689. The zero-order valence-corrected chi connectivity index (χ0v) is 7.96. The van der Waals surface area contributed by atoms with Crippen molar-refractivity contribution in [3.8, 4) is 0 Å². The van der Waals surface area contributed by atoms with Crippen LogP contribution in [0.1, 0.15) is 6.42 Å². The Kier molecular flexibility index (Phi) is 8.58. The first-order valence-corrected chi connectivity index (χ1v) is 4.60. The average molecular weight is 215 g/mol. The number of halogens is 1. The van der Waals surface area contributed by atoms with Crippen molar-refractivity contribution in [1.29, 1.82) is 0 Å². The largest absolute Gasteiger partial charge is 1.00 e. The molecule has 0 spiro atoms. The average Bonchev–Trinajstić information content (AvgIpc) is 1.61. The second-order valence-electron chi connectivity index (χ2n) is 1.83. The van der Waals surface area contributed by atoms with Gasteiger partial charge in [-0.1, -0.05) is 0 Å². The predicted molar refractivity (Wildman–Crippen MR) is 36.3 cm³/mol. The number of carboxylic acids is 1. The Morgan fingerprint density at radius 2 is 2.00 bits per heavy atom. The molecule has 0 aliphatic carbocycles. The van der Waals surface area contributed by atoms with E-state index in [0.29, 0.717) is 6.42 Å². The molecule has 9 heavy (non-hydrogen) atoms. The topological polar surface area (TPSA) is 37.3 Å². The Labute approximate surface area is 68.8 Å². The Morgan fingerprint density at radius 3 is 2.11 bits per heavy atom. The molecule has 56 valence electrons. The van der Waals surface area contributed by atoms with Crippen molar-refractivity contribution >= 4 is 16.9 Å². The first kappa shape index (κ1) is 12.0. The molecule has 0 aromatic heterocycles. The number of aliphatic carboxylic acids is 1. The lowest BCUT2D eigenvalue weighted by Crippen LogP contribution is -3.00. The van der Waals surface area contributed by atoms with Crippen LogP contribution in [-0.4, -0.2) is 29.3 Å². The lowest BCUT2D eigenvalue weighted by atomic mass is 10.5. The summed E-state index contributed by atoms with van der Waals surface area (Å²) in [4.78, 5) is 9.91. The molecule has 0 saturated heterocycles. The van der Waals surface area contributed by atoms with Crippen molar-refractivity contribution in [2.75, 3.05) is 18.3 Å². The third kappa shape index (κ3) is 11.7. The van der Waals surface area contributed by atoms with Crippen molar-refractivity contribution < 1.29 is 26.9 Å². The number of carbonyl (C=O) groups is 1. The van der Waals surface area contributed by atoms with E-state index in [4.69, 9.17) is 5.11 Å². The Balaban J connectivity index is 0. The SMILES string of the molecule is C[S+](C)CCC(=O)O.[Br-]. The van der Waals surface area contributed by atoms with Crippen LogP contribution in [0.3, 0.4) is 0 Å². The molecule has 1 N–H and O–H groups in total. The Hall–Kier alpha value is 0.300. The highest BCUT2D eigenvalue weighted by molar-refractivity contribution is 7.95. The normalized spacial score (nSPS) is 8.78. The maximum absolute atomic E-state index is 9.91. The molecule has 0 amide bonds. The maximum Gasteiger partial charge on any atom is 0.308 e. The van der Waals surface area contributed by atoms with E-state index >= 15 is 0 Å². The van der Waals surface area contributed by atoms with Gasteiger partial charge in [0.1, 0.15) is 5.75 Å². The van der Waals surface area contributed by atoms with Crippen LogP contribution in [-0.2, 0) is 15.7 Å². The van der Waals surface area contributed by atoms with Gasteiger partial charge in [-0.2, -0.15) is 0 Å². The molecule has 0 saturated carbocycles. The van der Waals surface area contributed by atoms with Gasteiger partial charge in [0.15, 0.2) is 0 Å².